The molecular weight excluding hydrogens is 345 g/mol. The summed E-state index contributed by atoms with van der Waals surface area (Å²) in [4.78, 5) is 0. The zero-order valence-electron chi connectivity index (χ0n) is 4.86. The fourth-order valence-corrected chi connectivity index (χ4v) is 2.25. The van der Waals surface area contributed by atoms with E-state index in [9.17, 15) is 0 Å². The van der Waals surface area contributed by atoms with Crippen LogP contribution in [-0.2, 0) is 0 Å². The van der Waals surface area contributed by atoms with Crippen molar-refractivity contribution in [1.82, 2.24) is 0 Å². The van der Waals surface area contributed by atoms with E-state index in [0.717, 1.165) is 0 Å². The number of unbranched alkanes of at least 4 members (excludes halogenated alkanes) is 1. The molecule has 0 radical (unpaired) electrons. The monoisotopic (exact) mass is 354 g/mol. The van der Waals surface area contributed by atoms with Crippen molar-refractivity contribution in [3.05, 3.63) is 0 Å². The van der Waals surface area contributed by atoms with Gasteiger partial charge in [0.15, 0.2) is 0 Å². The molecule has 0 heterocycles. The van der Waals surface area contributed by atoms with E-state index in [1.165, 1.54) is 19.2 Å². The Morgan fingerprint density at radius 2 is 2.12 bits per heavy atom. The molecule has 8 heavy (non-hydrogen) atoms. The quantitative estimate of drug-likeness (QED) is 0.411. The molecule has 0 saturated heterocycles. The Morgan fingerprint density at radius 3 is 2.50 bits per heavy atom. The Hall–Kier alpha value is 1.87. The van der Waals surface area contributed by atoms with E-state index >= 15 is 0 Å². The van der Waals surface area contributed by atoms with E-state index in [4.69, 9.17) is 0 Å². The van der Waals surface area contributed by atoms with Gasteiger partial charge in [0.05, 0.1) is 0 Å². The average Bonchev–Trinajstić information content (AvgIpc) is 1.66. The Kier molecular flexibility index (Phi) is 8.63. The first-order valence-electron chi connectivity index (χ1n) is 2.66. The summed E-state index contributed by atoms with van der Waals surface area (Å²) in [5.74, 6) is 0. The van der Waals surface area contributed by atoms with Crippen molar-refractivity contribution in [2.75, 3.05) is 0 Å². The third-order valence-corrected chi connectivity index (χ3v) is 3.45. The molecule has 0 aromatic heterocycles. The van der Waals surface area contributed by atoms with Crippen LogP contribution in [-0.4, -0.2) is 6.15 Å². The molecule has 0 amide bonds. The summed E-state index contributed by atoms with van der Waals surface area (Å²) in [6.45, 7) is 2.23. The minimum atomic E-state index is 0.498. The molecular formula is C4H9BI2S. The summed E-state index contributed by atoms with van der Waals surface area (Å²) in [6, 6.07) is 0. The van der Waals surface area contributed by atoms with Crippen LogP contribution in [0, 0.1) is 0 Å². The number of rotatable bonds is 3. The third kappa shape index (κ3) is 7.87. The first-order valence-corrected chi connectivity index (χ1v) is 9.03. The molecule has 0 aromatic carbocycles. The Balaban J connectivity index is 3.03. The van der Waals surface area contributed by atoms with Gasteiger partial charge in [-0.2, -0.15) is 0 Å². The average molecular weight is 354 g/mol. The summed E-state index contributed by atoms with van der Waals surface area (Å²) in [7, 11) is 0. The second-order valence-corrected chi connectivity index (χ2v) is 13.1. The van der Waals surface area contributed by atoms with Gasteiger partial charge in [-0.05, 0) is 0 Å². The van der Waals surface area contributed by atoms with Crippen LogP contribution in [0.25, 0.3) is 0 Å². The van der Waals surface area contributed by atoms with Crippen molar-refractivity contribution in [1.29, 1.82) is 0 Å². The predicted octanol–water partition coefficient (Wildman–Crippen LogP) is 3.79. The van der Waals surface area contributed by atoms with Crippen molar-refractivity contribution >= 4 is 53.2 Å². The molecule has 0 saturated carbocycles. The van der Waals surface area contributed by atoms with Crippen molar-refractivity contribution in [3.63, 3.8) is 0 Å². The second-order valence-electron chi connectivity index (χ2n) is 1.55. The van der Waals surface area contributed by atoms with E-state index in [2.05, 4.69) is 55.5 Å². The van der Waals surface area contributed by atoms with Crippen molar-refractivity contribution in [2.24, 2.45) is 0 Å². The minimum absolute atomic E-state index is 0.498. The summed E-state index contributed by atoms with van der Waals surface area (Å²) in [6.07, 6.45) is 6.35. The van der Waals surface area contributed by atoms with Gasteiger partial charge in [0.2, 0.25) is 0 Å². The first kappa shape index (κ1) is 9.87. The van der Waals surface area contributed by atoms with E-state index < -0.39 is 0 Å². The van der Waals surface area contributed by atoms with Crippen LogP contribution >= 0.6 is 47.1 Å². The van der Waals surface area contributed by atoms with E-state index in [1.54, 1.807) is 0 Å². The van der Waals surface area contributed by atoms with E-state index in [1.807, 2.05) is 0 Å². The van der Waals surface area contributed by atoms with Gasteiger partial charge in [-0.25, -0.2) is 0 Å². The van der Waals surface area contributed by atoms with Gasteiger partial charge in [0.25, 0.3) is 0 Å². The van der Waals surface area contributed by atoms with Gasteiger partial charge in [0.1, 0.15) is 0 Å². The van der Waals surface area contributed by atoms with Crippen LogP contribution in [0.15, 0.2) is 0 Å². The van der Waals surface area contributed by atoms with Gasteiger partial charge in [-0.15, -0.1) is 0 Å². The molecule has 0 spiro atoms. The Bertz CT molecular complexity index is 80.1. The maximum absolute atomic E-state index is 2.44. The van der Waals surface area contributed by atoms with Crippen LogP contribution in [0.3, 0.4) is 0 Å². The zero-order valence-corrected chi connectivity index (χ0v) is 9.99. The Labute approximate surface area is 78.4 Å². The van der Waals surface area contributed by atoms with Gasteiger partial charge in [0, 0.05) is 0 Å². The molecule has 0 bridgehead atoms. The van der Waals surface area contributed by atoms with Crippen molar-refractivity contribution in [2.45, 2.75) is 26.1 Å². The predicted molar refractivity (Wildman–Crippen MR) is 61.1 cm³/mol. The zero-order chi connectivity index (χ0) is 6.41. The molecule has 0 fully saturated rings. The summed E-state index contributed by atoms with van der Waals surface area (Å²) >= 11 is 4.88. The normalized spacial score (nSPS) is 9.50. The van der Waals surface area contributed by atoms with Gasteiger partial charge in [-0.1, -0.05) is 0 Å². The second kappa shape index (κ2) is 6.99. The van der Waals surface area contributed by atoms with E-state index in [-0.39, 0.29) is 0 Å². The molecule has 0 N–H and O–H groups in total. The number of hydrogen-bond acceptors (Lipinski definition) is 0. The fourth-order valence-electron chi connectivity index (χ4n) is 0.377. The molecule has 0 atom stereocenters. The topological polar surface area (TPSA) is 0 Å². The van der Waals surface area contributed by atoms with Gasteiger partial charge in [-0.3, -0.25) is 0 Å². The molecule has 48 valence electrons. The van der Waals surface area contributed by atoms with Gasteiger partial charge >= 0.3 is 79.3 Å². The first-order chi connectivity index (χ1) is 3.77. The van der Waals surface area contributed by atoms with Crippen LogP contribution < -0.4 is 0 Å². The number of hydrogen-bond donors (Lipinski definition) is 0. The standard InChI is InChI=1S/C4H9BI2S/c1-2-3-4-5-8(6)7/h2-4H2,1H3. The maximum atomic E-state index is 2.44. The van der Waals surface area contributed by atoms with Crippen LogP contribution in [0.4, 0.5) is 0 Å². The fraction of sp³-hybridized carbons (Fsp3) is 1.00. The van der Waals surface area contributed by atoms with Crippen molar-refractivity contribution < 1.29 is 0 Å². The summed E-state index contributed by atoms with van der Waals surface area (Å²) < 4.78 is 0.498. The van der Waals surface area contributed by atoms with Crippen LogP contribution in [0.5, 0.6) is 0 Å². The SMILES string of the molecule is CCCCB=S(I)I. The third-order valence-electron chi connectivity index (χ3n) is 0.802. The van der Waals surface area contributed by atoms with Crippen LogP contribution in [0.1, 0.15) is 19.8 Å². The molecule has 4 heteroatoms. The molecule has 0 aliphatic carbocycles. The van der Waals surface area contributed by atoms with Crippen molar-refractivity contribution in [3.8, 4) is 0 Å². The van der Waals surface area contributed by atoms with E-state index in [0.29, 0.717) is 4.66 Å². The molecule has 0 rings (SSSR count). The molecule has 0 aromatic rings. The molecule has 0 unspecified atom stereocenters. The summed E-state index contributed by atoms with van der Waals surface area (Å²) in [5, 5.41) is 0. The number of halogens is 2. The Morgan fingerprint density at radius 1 is 1.50 bits per heavy atom. The molecule has 0 aliphatic rings. The molecule has 0 aliphatic heterocycles. The molecule has 0 nitrogen and oxygen atoms in total. The van der Waals surface area contributed by atoms with Gasteiger partial charge < -0.3 is 0 Å². The van der Waals surface area contributed by atoms with Crippen LogP contribution in [0.2, 0.25) is 6.32 Å². The summed E-state index contributed by atoms with van der Waals surface area (Å²) in [5.41, 5.74) is 0.